The van der Waals surface area contributed by atoms with Gasteiger partial charge in [-0.05, 0) is 20.0 Å². The maximum absolute atomic E-state index is 12.0. The lowest BCUT2D eigenvalue weighted by molar-refractivity contribution is -0.185. The van der Waals surface area contributed by atoms with Crippen LogP contribution >= 0.6 is 0 Å². The van der Waals surface area contributed by atoms with Crippen molar-refractivity contribution in [3.05, 3.63) is 0 Å². The van der Waals surface area contributed by atoms with Crippen LogP contribution in [0.4, 0.5) is 13.2 Å². The topological polar surface area (TPSA) is 23.6 Å². The average molecular weight is 210 g/mol. The van der Waals surface area contributed by atoms with E-state index in [1.54, 1.807) is 0 Å². The largest absolute Gasteiger partial charge is 0.471 e. The molecule has 1 aliphatic rings. The molecular formula is C8H13F3N2O. The lowest BCUT2D eigenvalue weighted by atomic mass is 10.0. The average Bonchev–Trinajstić information content (AvgIpc) is 2.08. The second kappa shape index (κ2) is 3.76. The van der Waals surface area contributed by atoms with Gasteiger partial charge in [-0.25, -0.2) is 0 Å². The Morgan fingerprint density at radius 3 is 2.43 bits per heavy atom. The van der Waals surface area contributed by atoms with E-state index >= 15 is 0 Å². The molecule has 1 aliphatic heterocycles. The number of halogens is 3. The highest BCUT2D eigenvalue weighted by Crippen LogP contribution is 2.20. The first kappa shape index (κ1) is 11.3. The van der Waals surface area contributed by atoms with Crippen molar-refractivity contribution in [3.63, 3.8) is 0 Å². The fourth-order valence-electron chi connectivity index (χ4n) is 1.42. The summed E-state index contributed by atoms with van der Waals surface area (Å²) >= 11 is 0. The number of amides is 1. The number of carbonyl (C=O) groups is 1. The number of alkyl halides is 3. The summed E-state index contributed by atoms with van der Waals surface area (Å²) in [7, 11) is 3.02. The van der Waals surface area contributed by atoms with E-state index in [0.29, 0.717) is 0 Å². The van der Waals surface area contributed by atoms with Crippen LogP contribution in [0.1, 0.15) is 6.42 Å². The molecule has 1 heterocycles. The highest BCUT2D eigenvalue weighted by atomic mass is 19.4. The standard InChI is InChI=1S/C8H13F3N2O/c1-12-4-3-6(12)5-13(2)7(14)8(9,10)11/h6H,3-5H2,1-2H3/t6-/m0/s1. The predicted octanol–water partition coefficient (Wildman–Crippen LogP) is 0.711. The summed E-state index contributed by atoms with van der Waals surface area (Å²) < 4.78 is 35.9. The van der Waals surface area contributed by atoms with Crippen LogP contribution in [-0.4, -0.2) is 55.1 Å². The van der Waals surface area contributed by atoms with Crippen LogP contribution in [0, 0.1) is 0 Å². The fourth-order valence-corrected chi connectivity index (χ4v) is 1.42. The normalized spacial score (nSPS) is 23.1. The van der Waals surface area contributed by atoms with E-state index in [0.717, 1.165) is 17.9 Å². The van der Waals surface area contributed by atoms with Gasteiger partial charge in [-0.3, -0.25) is 4.79 Å². The van der Waals surface area contributed by atoms with Gasteiger partial charge in [0.2, 0.25) is 0 Å². The number of carbonyl (C=O) groups excluding carboxylic acids is 1. The number of nitrogens with zero attached hydrogens (tertiary/aromatic N) is 2. The zero-order valence-electron chi connectivity index (χ0n) is 8.14. The minimum absolute atomic E-state index is 0.0753. The Balaban J connectivity index is 2.42. The molecule has 0 aliphatic carbocycles. The van der Waals surface area contributed by atoms with Gasteiger partial charge in [-0.15, -0.1) is 0 Å². The van der Waals surface area contributed by atoms with Crippen molar-refractivity contribution in [1.29, 1.82) is 0 Å². The van der Waals surface area contributed by atoms with Crippen molar-refractivity contribution in [2.75, 3.05) is 27.2 Å². The van der Waals surface area contributed by atoms with Crippen LogP contribution < -0.4 is 0 Å². The molecule has 0 radical (unpaired) electrons. The second-order valence-electron chi connectivity index (χ2n) is 3.61. The van der Waals surface area contributed by atoms with Gasteiger partial charge in [-0.1, -0.05) is 0 Å². The molecule has 1 saturated heterocycles. The zero-order chi connectivity index (χ0) is 10.9. The maximum Gasteiger partial charge on any atom is 0.471 e. The summed E-state index contributed by atoms with van der Waals surface area (Å²) in [5, 5.41) is 0. The van der Waals surface area contributed by atoms with E-state index in [4.69, 9.17) is 0 Å². The minimum atomic E-state index is -4.75. The lowest BCUT2D eigenvalue weighted by Crippen LogP contribution is -2.53. The third-order valence-electron chi connectivity index (χ3n) is 2.51. The van der Waals surface area contributed by atoms with E-state index in [9.17, 15) is 18.0 Å². The Morgan fingerprint density at radius 1 is 1.57 bits per heavy atom. The SMILES string of the molecule is CN(C[C@@H]1CCN1C)C(=O)C(F)(F)F. The lowest BCUT2D eigenvalue weighted by Gasteiger charge is -2.40. The van der Waals surface area contributed by atoms with Crippen LogP contribution in [-0.2, 0) is 4.79 Å². The van der Waals surface area contributed by atoms with Gasteiger partial charge in [0, 0.05) is 19.6 Å². The number of hydrogen-bond donors (Lipinski definition) is 0. The number of likely N-dealkylation sites (N-methyl/N-ethyl adjacent to an activating group) is 2. The van der Waals surface area contributed by atoms with Crippen molar-refractivity contribution < 1.29 is 18.0 Å². The molecule has 0 N–H and O–H groups in total. The zero-order valence-corrected chi connectivity index (χ0v) is 8.14. The molecule has 1 fully saturated rings. The van der Waals surface area contributed by atoms with Gasteiger partial charge in [0.25, 0.3) is 0 Å². The van der Waals surface area contributed by atoms with E-state index in [1.807, 2.05) is 11.9 Å². The van der Waals surface area contributed by atoms with Gasteiger partial charge in [0.1, 0.15) is 0 Å². The van der Waals surface area contributed by atoms with Crippen molar-refractivity contribution >= 4 is 5.91 Å². The molecule has 0 aromatic heterocycles. The highest BCUT2D eigenvalue weighted by molar-refractivity contribution is 5.81. The molecular weight excluding hydrogens is 197 g/mol. The van der Waals surface area contributed by atoms with Gasteiger partial charge in [0.15, 0.2) is 0 Å². The molecule has 1 atom stereocenters. The molecule has 0 aromatic carbocycles. The van der Waals surface area contributed by atoms with Crippen molar-refractivity contribution in [2.24, 2.45) is 0 Å². The Hall–Kier alpha value is -0.780. The summed E-state index contributed by atoms with van der Waals surface area (Å²) in [5.74, 6) is -1.77. The van der Waals surface area contributed by atoms with Gasteiger partial charge < -0.3 is 9.80 Å². The van der Waals surface area contributed by atoms with Gasteiger partial charge >= 0.3 is 12.1 Å². The Morgan fingerprint density at radius 2 is 2.14 bits per heavy atom. The molecule has 0 spiro atoms. The molecule has 3 nitrogen and oxygen atoms in total. The molecule has 14 heavy (non-hydrogen) atoms. The van der Waals surface area contributed by atoms with Crippen molar-refractivity contribution in [3.8, 4) is 0 Å². The molecule has 1 amide bonds. The quantitative estimate of drug-likeness (QED) is 0.670. The molecule has 0 saturated carbocycles. The molecule has 6 heteroatoms. The van der Waals surface area contributed by atoms with Crippen molar-refractivity contribution in [2.45, 2.75) is 18.6 Å². The van der Waals surface area contributed by atoms with E-state index in [2.05, 4.69) is 0 Å². The molecule has 1 rings (SSSR count). The first-order valence-corrected chi connectivity index (χ1v) is 4.35. The second-order valence-corrected chi connectivity index (χ2v) is 3.61. The van der Waals surface area contributed by atoms with Crippen LogP contribution in [0.25, 0.3) is 0 Å². The molecule has 0 unspecified atom stereocenters. The number of hydrogen-bond acceptors (Lipinski definition) is 2. The Labute approximate surface area is 80.5 Å². The van der Waals surface area contributed by atoms with E-state index in [-0.39, 0.29) is 12.6 Å². The summed E-state index contributed by atoms with van der Waals surface area (Å²) in [6.45, 7) is 1.04. The van der Waals surface area contributed by atoms with Gasteiger partial charge in [-0.2, -0.15) is 13.2 Å². The molecule has 82 valence electrons. The summed E-state index contributed by atoms with van der Waals surface area (Å²) in [4.78, 5) is 13.4. The Bertz CT molecular complexity index is 229. The number of likely N-dealkylation sites (tertiary alicyclic amines) is 1. The predicted molar refractivity (Wildman–Crippen MR) is 44.7 cm³/mol. The van der Waals surface area contributed by atoms with Crippen LogP contribution in [0.3, 0.4) is 0 Å². The summed E-state index contributed by atoms with van der Waals surface area (Å²) in [6.07, 6.45) is -3.90. The van der Waals surface area contributed by atoms with Crippen molar-refractivity contribution in [1.82, 2.24) is 9.80 Å². The first-order valence-electron chi connectivity index (χ1n) is 4.35. The van der Waals surface area contributed by atoms with E-state index in [1.165, 1.54) is 7.05 Å². The highest BCUT2D eigenvalue weighted by Gasteiger charge is 2.42. The summed E-state index contributed by atoms with van der Waals surface area (Å²) in [5.41, 5.74) is 0. The Kier molecular flexibility index (Phi) is 3.04. The summed E-state index contributed by atoms with van der Waals surface area (Å²) in [6, 6.07) is 0.0753. The van der Waals surface area contributed by atoms with Crippen LogP contribution in [0.15, 0.2) is 0 Å². The van der Waals surface area contributed by atoms with Gasteiger partial charge in [0.05, 0.1) is 0 Å². The fraction of sp³-hybridized carbons (Fsp3) is 0.875. The number of rotatable bonds is 2. The van der Waals surface area contributed by atoms with E-state index < -0.39 is 12.1 Å². The first-order chi connectivity index (χ1) is 6.32. The maximum atomic E-state index is 12.0. The van der Waals surface area contributed by atoms with Crippen LogP contribution in [0.5, 0.6) is 0 Å². The molecule has 0 aromatic rings. The van der Waals surface area contributed by atoms with Crippen LogP contribution in [0.2, 0.25) is 0 Å². The minimum Gasteiger partial charge on any atom is -0.336 e. The third-order valence-corrected chi connectivity index (χ3v) is 2.51. The molecule has 0 bridgehead atoms. The smallest absolute Gasteiger partial charge is 0.336 e. The monoisotopic (exact) mass is 210 g/mol. The third kappa shape index (κ3) is 2.37.